The van der Waals surface area contributed by atoms with Gasteiger partial charge in [0.2, 0.25) is 0 Å². The molecule has 1 aromatic heterocycles. The zero-order valence-corrected chi connectivity index (χ0v) is 10.8. The molecule has 0 bridgehead atoms. The molecule has 1 atom stereocenters. The van der Waals surface area contributed by atoms with Gasteiger partial charge in [0.25, 0.3) is 0 Å². The highest BCUT2D eigenvalue weighted by Gasteiger charge is 2.15. The third-order valence-corrected chi connectivity index (χ3v) is 3.30. The molecule has 0 spiro atoms. The number of hydrogen-bond donors (Lipinski definition) is 1. The molecule has 18 heavy (non-hydrogen) atoms. The summed E-state index contributed by atoms with van der Waals surface area (Å²) in [5, 5.41) is 5.20. The number of aromatic nitrogens is 1. The standard InChI is InChI=1S/C13H14F2N2S/c1-2-16-12(13-7-18-8-17-13)5-9-3-4-10(14)6-11(9)15/h3-4,6-8,12,16H,2,5H2,1H3. The van der Waals surface area contributed by atoms with Crippen molar-refractivity contribution in [1.29, 1.82) is 0 Å². The van der Waals surface area contributed by atoms with E-state index in [2.05, 4.69) is 10.3 Å². The lowest BCUT2D eigenvalue weighted by atomic mass is 10.0. The van der Waals surface area contributed by atoms with E-state index in [0.717, 1.165) is 18.3 Å². The van der Waals surface area contributed by atoms with Crippen LogP contribution in [-0.4, -0.2) is 11.5 Å². The molecule has 0 aliphatic rings. The van der Waals surface area contributed by atoms with Gasteiger partial charge in [-0.25, -0.2) is 13.8 Å². The molecule has 1 heterocycles. The summed E-state index contributed by atoms with van der Waals surface area (Å²) in [6.07, 6.45) is 0.462. The number of benzene rings is 1. The Morgan fingerprint density at radius 1 is 1.39 bits per heavy atom. The molecule has 0 aliphatic carbocycles. The van der Waals surface area contributed by atoms with E-state index in [0.29, 0.717) is 12.0 Å². The number of thiazole rings is 1. The van der Waals surface area contributed by atoms with Crippen LogP contribution in [0.4, 0.5) is 8.78 Å². The Balaban J connectivity index is 2.18. The van der Waals surface area contributed by atoms with Crippen molar-refractivity contribution >= 4 is 11.3 Å². The summed E-state index contributed by atoms with van der Waals surface area (Å²) < 4.78 is 26.4. The van der Waals surface area contributed by atoms with Crippen LogP contribution in [0.15, 0.2) is 29.1 Å². The second kappa shape index (κ2) is 6.02. The average Bonchev–Trinajstić information content (AvgIpc) is 2.85. The smallest absolute Gasteiger partial charge is 0.129 e. The minimum absolute atomic E-state index is 0.0405. The highest BCUT2D eigenvalue weighted by Crippen LogP contribution is 2.20. The van der Waals surface area contributed by atoms with Gasteiger partial charge < -0.3 is 5.32 Å². The van der Waals surface area contributed by atoms with E-state index in [1.807, 2.05) is 12.3 Å². The zero-order valence-electron chi connectivity index (χ0n) is 9.99. The molecule has 0 saturated heterocycles. The maximum atomic E-state index is 13.6. The van der Waals surface area contributed by atoms with Gasteiger partial charge in [0, 0.05) is 11.4 Å². The maximum absolute atomic E-state index is 13.6. The summed E-state index contributed by atoms with van der Waals surface area (Å²) in [6, 6.07) is 3.64. The fourth-order valence-electron chi connectivity index (χ4n) is 1.83. The Morgan fingerprint density at radius 3 is 2.83 bits per heavy atom. The summed E-state index contributed by atoms with van der Waals surface area (Å²) in [6.45, 7) is 2.76. The summed E-state index contributed by atoms with van der Waals surface area (Å²) in [4.78, 5) is 4.24. The fourth-order valence-corrected chi connectivity index (χ4v) is 2.44. The molecule has 1 aromatic carbocycles. The van der Waals surface area contributed by atoms with E-state index >= 15 is 0 Å². The molecule has 5 heteroatoms. The molecule has 0 aliphatic heterocycles. The first-order chi connectivity index (χ1) is 8.70. The van der Waals surface area contributed by atoms with Gasteiger partial charge in [0.15, 0.2) is 0 Å². The third-order valence-electron chi connectivity index (χ3n) is 2.70. The molecule has 0 fully saturated rings. The molecule has 2 nitrogen and oxygen atoms in total. The molecule has 0 radical (unpaired) electrons. The minimum Gasteiger partial charge on any atom is -0.309 e. The van der Waals surface area contributed by atoms with Crippen molar-refractivity contribution in [3.05, 3.63) is 52.0 Å². The number of nitrogens with one attached hydrogen (secondary N) is 1. The molecular formula is C13H14F2N2S. The average molecular weight is 268 g/mol. The van der Waals surface area contributed by atoms with Crippen molar-refractivity contribution in [2.75, 3.05) is 6.54 Å². The summed E-state index contributed by atoms with van der Waals surface area (Å²) >= 11 is 1.51. The summed E-state index contributed by atoms with van der Waals surface area (Å²) in [7, 11) is 0. The van der Waals surface area contributed by atoms with Crippen LogP contribution in [0.2, 0.25) is 0 Å². The predicted molar refractivity (Wildman–Crippen MR) is 68.6 cm³/mol. The van der Waals surface area contributed by atoms with Crippen LogP contribution in [0.1, 0.15) is 24.2 Å². The fraction of sp³-hybridized carbons (Fsp3) is 0.308. The van der Waals surface area contributed by atoms with E-state index in [-0.39, 0.29) is 6.04 Å². The topological polar surface area (TPSA) is 24.9 Å². The first kappa shape index (κ1) is 13.1. The van der Waals surface area contributed by atoms with E-state index < -0.39 is 11.6 Å². The van der Waals surface area contributed by atoms with Gasteiger partial charge in [-0.15, -0.1) is 11.3 Å². The van der Waals surface area contributed by atoms with Gasteiger partial charge in [-0.2, -0.15) is 0 Å². The van der Waals surface area contributed by atoms with Crippen LogP contribution < -0.4 is 5.32 Å². The van der Waals surface area contributed by atoms with E-state index in [1.165, 1.54) is 23.5 Å². The van der Waals surface area contributed by atoms with E-state index in [1.54, 1.807) is 5.51 Å². The first-order valence-electron chi connectivity index (χ1n) is 5.76. The molecule has 0 saturated carbocycles. The lowest BCUT2D eigenvalue weighted by Gasteiger charge is -2.16. The van der Waals surface area contributed by atoms with Crippen LogP contribution in [0.5, 0.6) is 0 Å². The van der Waals surface area contributed by atoms with Crippen LogP contribution in [0, 0.1) is 11.6 Å². The molecule has 96 valence electrons. The van der Waals surface area contributed by atoms with Crippen LogP contribution >= 0.6 is 11.3 Å². The normalized spacial score (nSPS) is 12.6. The number of nitrogens with zero attached hydrogens (tertiary/aromatic N) is 1. The summed E-state index contributed by atoms with van der Waals surface area (Å²) in [5.41, 5.74) is 3.14. The molecule has 0 amide bonds. The highest BCUT2D eigenvalue weighted by atomic mass is 32.1. The van der Waals surface area contributed by atoms with Gasteiger partial charge in [-0.05, 0) is 24.6 Å². The second-order valence-electron chi connectivity index (χ2n) is 3.96. The predicted octanol–water partition coefficient (Wildman–Crippen LogP) is 3.31. The zero-order chi connectivity index (χ0) is 13.0. The number of hydrogen-bond acceptors (Lipinski definition) is 3. The van der Waals surface area contributed by atoms with Crippen molar-refractivity contribution in [3.63, 3.8) is 0 Å². The quantitative estimate of drug-likeness (QED) is 0.900. The van der Waals surface area contributed by atoms with Crippen molar-refractivity contribution in [3.8, 4) is 0 Å². The Kier molecular flexibility index (Phi) is 4.38. The molecular weight excluding hydrogens is 254 g/mol. The number of likely N-dealkylation sites (N-methyl/N-ethyl adjacent to an activating group) is 1. The Labute approximate surface area is 109 Å². The molecule has 2 rings (SSSR count). The molecule has 1 N–H and O–H groups in total. The third kappa shape index (κ3) is 3.11. The number of halogens is 2. The van der Waals surface area contributed by atoms with Gasteiger partial charge in [0.1, 0.15) is 11.6 Å². The van der Waals surface area contributed by atoms with Gasteiger partial charge in [0.05, 0.1) is 17.2 Å². The Bertz CT molecular complexity index is 500. The minimum atomic E-state index is -0.551. The van der Waals surface area contributed by atoms with Crippen LogP contribution in [0.3, 0.4) is 0 Å². The van der Waals surface area contributed by atoms with Gasteiger partial charge >= 0.3 is 0 Å². The van der Waals surface area contributed by atoms with Crippen molar-refractivity contribution in [1.82, 2.24) is 10.3 Å². The van der Waals surface area contributed by atoms with Crippen molar-refractivity contribution in [2.24, 2.45) is 0 Å². The monoisotopic (exact) mass is 268 g/mol. The molecule has 1 unspecified atom stereocenters. The Morgan fingerprint density at radius 2 is 2.22 bits per heavy atom. The Hall–Kier alpha value is -1.33. The van der Waals surface area contributed by atoms with E-state index in [9.17, 15) is 8.78 Å². The summed E-state index contributed by atoms with van der Waals surface area (Å²) in [5.74, 6) is -1.06. The van der Waals surface area contributed by atoms with Crippen molar-refractivity contribution < 1.29 is 8.78 Å². The molecule has 2 aromatic rings. The van der Waals surface area contributed by atoms with Crippen molar-refractivity contribution in [2.45, 2.75) is 19.4 Å². The lowest BCUT2D eigenvalue weighted by Crippen LogP contribution is -2.23. The SMILES string of the molecule is CCNC(Cc1ccc(F)cc1F)c1cscn1. The van der Waals surface area contributed by atoms with Gasteiger partial charge in [-0.3, -0.25) is 0 Å². The van der Waals surface area contributed by atoms with Crippen LogP contribution in [0.25, 0.3) is 0 Å². The van der Waals surface area contributed by atoms with E-state index in [4.69, 9.17) is 0 Å². The number of rotatable bonds is 5. The maximum Gasteiger partial charge on any atom is 0.129 e. The first-order valence-corrected chi connectivity index (χ1v) is 6.70. The highest BCUT2D eigenvalue weighted by molar-refractivity contribution is 7.07. The second-order valence-corrected chi connectivity index (χ2v) is 4.68. The van der Waals surface area contributed by atoms with Gasteiger partial charge in [-0.1, -0.05) is 13.0 Å². The largest absolute Gasteiger partial charge is 0.309 e. The lowest BCUT2D eigenvalue weighted by molar-refractivity contribution is 0.514. The van der Waals surface area contributed by atoms with Crippen LogP contribution in [-0.2, 0) is 6.42 Å².